The SMILES string of the molecule is CN1C(=O)CC[C@]2(C)[C@H]3CC[C@]4(C)[C@@H](C(=O)NC(c5ccccc5)c5ccccc5)CC[C@H]4[C@@H]3CC[C@@H]12. The lowest BCUT2D eigenvalue weighted by atomic mass is 9.47. The van der Waals surface area contributed by atoms with E-state index in [4.69, 9.17) is 0 Å². The van der Waals surface area contributed by atoms with Crippen molar-refractivity contribution in [2.24, 2.45) is 34.5 Å². The molecule has 1 heterocycles. The first kappa shape index (κ1) is 24.7. The van der Waals surface area contributed by atoms with E-state index in [9.17, 15) is 9.59 Å². The topological polar surface area (TPSA) is 49.4 Å². The van der Waals surface area contributed by atoms with E-state index in [1.807, 2.05) is 19.2 Å². The zero-order valence-corrected chi connectivity index (χ0v) is 22.7. The van der Waals surface area contributed by atoms with Crippen LogP contribution in [0.4, 0.5) is 0 Å². The van der Waals surface area contributed by atoms with Gasteiger partial charge in [0.25, 0.3) is 0 Å². The molecule has 0 bridgehead atoms. The second-order valence-corrected chi connectivity index (χ2v) is 12.9. The van der Waals surface area contributed by atoms with E-state index in [1.165, 1.54) is 12.8 Å². The molecule has 196 valence electrons. The first-order chi connectivity index (χ1) is 17.8. The minimum absolute atomic E-state index is 0.0583. The number of carbonyl (C=O) groups is 2. The lowest BCUT2D eigenvalue weighted by molar-refractivity contribution is -0.159. The molecule has 37 heavy (non-hydrogen) atoms. The van der Waals surface area contributed by atoms with Crippen molar-refractivity contribution in [3.63, 3.8) is 0 Å². The minimum atomic E-state index is -0.126. The third-order valence-corrected chi connectivity index (χ3v) is 11.4. The Kier molecular flexibility index (Phi) is 6.20. The third kappa shape index (κ3) is 3.94. The molecule has 2 aromatic carbocycles. The van der Waals surface area contributed by atoms with Crippen LogP contribution < -0.4 is 5.32 Å². The largest absolute Gasteiger partial charge is 0.345 e. The lowest BCUT2D eigenvalue weighted by Crippen LogP contribution is -2.61. The zero-order chi connectivity index (χ0) is 25.8. The summed E-state index contributed by atoms with van der Waals surface area (Å²) in [7, 11) is 2.03. The van der Waals surface area contributed by atoms with Crippen molar-refractivity contribution in [1.82, 2.24) is 10.2 Å². The zero-order valence-electron chi connectivity index (χ0n) is 22.7. The molecular formula is C33H42N2O2. The number of rotatable bonds is 4. The monoisotopic (exact) mass is 498 g/mol. The van der Waals surface area contributed by atoms with Crippen molar-refractivity contribution in [2.75, 3.05) is 7.05 Å². The first-order valence-electron chi connectivity index (χ1n) is 14.5. The van der Waals surface area contributed by atoms with E-state index < -0.39 is 0 Å². The van der Waals surface area contributed by atoms with Crippen LogP contribution >= 0.6 is 0 Å². The van der Waals surface area contributed by atoms with Crippen molar-refractivity contribution in [2.45, 2.75) is 77.3 Å². The second-order valence-electron chi connectivity index (χ2n) is 12.9. The van der Waals surface area contributed by atoms with Gasteiger partial charge in [0.15, 0.2) is 0 Å². The van der Waals surface area contributed by atoms with Gasteiger partial charge in [0.2, 0.25) is 11.8 Å². The smallest absolute Gasteiger partial charge is 0.224 e. The normalized spacial score (nSPS) is 37.0. The molecule has 1 aliphatic heterocycles. The molecule has 4 aliphatic rings. The van der Waals surface area contributed by atoms with Gasteiger partial charge < -0.3 is 10.2 Å². The van der Waals surface area contributed by atoms with Crippen molar-refractivity contribution in [3.05, 3.63) is 71.8 Å². The average molecular weight is 499 g/mol. The molecule has 1 N–H and O–H groups in total. The Balaban J connectivity index is 1.23. The number of hydrogen-bond donors (Lipinski definition) is 1. The Morgan fingerprint density at radius 3 is 2.11 bits per heavy atom. The van der Waals surface area contributed by atoms with Crippen molar-refractivity contribution in [3.8, 4) is 0 Å². The van der Waals surface area contributed by atoms with Crippen LogP contribution in [0.1, 0.15) is 82.4 Å². The van der Waals surface area contributed by atoms with Gasteiger partial charge in [-0.3, -0.25) is 9.59 Å². The van der Waals surface area contributed by atoms with Crippen LogP contribution in [0.25, 0.3) is 0 Å². The highest BCUT2D eigenvalue weighted by Crippen LogP contribution is 2.66. The molecule has 1 saturated heterocycles. The summed E-state index contributed by atoms with van der Waals surface area (Å²) in [6.07, 6.45) is 8.51. The highest BCUT2D eigenvalue weighted by atomic mass is 16.2. The van der Waals surface area contributed by atoms with Gasteiger partial charge in [0.1, 0.15) is 0 Å². The molecule has 0 radical (unpaired) electrons. The Morgan fingerprint density at radius 2 is 1.46 bits per heavy atom. The minimum Gasteiger partial charge on any atom is -0.345 e. The fourth-order valence-electron chi connectivity index (χ4n) is 9.47. The fourth-order valence-corrected chi connectivity index (χ4v) is 9.47. The molecule has 2 amide bonds. The van der Waals surface area contributed by atoms with Crippen LogP contribution in [0.5, 0.6) is 0 Å². The molecule has 0 unspecified atom stereocenters. The number of piperidine rings is 1. The van der Waals surface area contributed by atoms with Gasteiger partial charge in [-0.05, 0) is 84.7 Å². The van der Waals surface area contributed by atoms with Crippen molar-refractivity contribution < 1.29 is 9.59 Å². The maximum atomic E-state index is 14.0. The summed E-state index contributed by atoms with van der Waals surface area (Å²) >= 11 is 0. The summed E-state index contributed by atoms with van der Waals surface area (Å²) in [6, 6.07) is 21.0. The summed E-state index contributed by atoms with van der Waals surface area (Å²) in [6.45, 7) is 4.90. The predicted octanol–water partition coefficient (Wildman–Crippen LogP) is 6.37. The number of carbonyl (C=O) groups excluding carboxylic acids is 2. The Hall–Kier alpha value is -2.62. The summed E-state index contributed by atoms with van der Waals surface area (Å²) in [5.41, 5.74) is 2.54. The van der Waals surface area contributed by atoms with Gasteiger partial charge in [0, 0.05) is 25.4 Å². The predicted molar refractivity (Wildman–Crippen MR) is 147 cm³/mol. The standard InChI is InChI=1S/C33H42N2O2/c1-32-20-18-26-24(14-17-28-33(26,2)21-19-29(36)35(28)3)25(32)15-16-27(32)31(37)34-30(22-10-6-4-7-11-22)23-12-8-5-9-13-23/h4-13,24-28,30H,14-21H2,1-3H3,(H,34,37)/t24-,25-,26-,27+,28+,32-,33+/m0/s1. The summed E-state index contributed by atoms with van der Waals surface area (Å²) in [5, 5.41) is 3.50. The molecule has 2 aromatic rings. The summed E-state index contributed by atoms with van der Waals surface area (Å²) in [5.74, 6) is 2.57. The van der Waals surface area contributed by atoms with E-state index in [2.05, 4.69) is 72.6 Å². The highest BCUT2D eigenvalue weighted by Gasteiger charge is 2.62. The van der Waals surface area contributed by atoms with E-state index >= 15 is 0 Å². The molecule has 0 aromatic heterocycles. The summed E-state index contributed by atoms with van der Waals surface area (Å²) < 4.78 is 0. The average Bonchev–Trinajstić information content (AvgIpc) is 3.28. The lowest BCUT2D eigenvalue weighted by Gasteiger charge is -2.61. The Morgan fingerprint density at radius 1 is 0.838 bits per heavy atom. The van der Waals surface area contributed by atoms with Crippen LogP contribution in [0.2, 0.25) is 0 Å². The van der Waals surface area contributed by atoms with Crippen LogP contribution in [0.3, 0.4) is 0 Å². The van der Waals surface area contributed by atoms with Gasteiger partial charge >= 0.3 is 0 Å². The van der Waals surface area contributed by atoms with Gasteiger partial charge in [-0.15, -0.1) is 0 Å². The van der Waals surface area contributed by atoms with Crippen LogP contribution in [-0.2, 0) is 9.59 Å². The highest BCUT2D eigenvalue weighted by molar-refractivity contribution is 5.81. The van der Waals surface area contributed by atoms with Gasteiger partial charge in [-0.2, -0.15) is 0 Å². The maximum Gasteiger partial charge on any atom is 0.224 e. The molecule has 6 rings (SSSR count). The number of nitrogens with zero attached hydrogens (tertiary/aromatic N) is 1. The maximum absolute atomic E-state index is 14.0. The van der Waals surface area contributed by atoms with Gasteiger partial charge in [-0.1, -0.05) is 74.5 Å². The number of benzene rings is 2. The summed E-state index contributed by atoms with van der Waals surface area (Å²) in [4.78, 5) is 28.6. The quantitative estimate of drug-likeness (QED) is 0.532. The number of nitrogens with one attached hydrogen (secondary N) is 1. The molecule has 0 spiro atoms. The molecular weight excluding hydrogens is 456 g/mol. The number of fused-ring (bicyclic) bond motifs is 5. The molecule has 4 heteroatoms. The number of likely N-dealkylation sites (tertiary alicyclic amines) is 1. The van der Waals surface area contributed by atoms with Crippen LogP contribution in [-0.4, -0.2) is 29.8 Å². The number of hydrogen-bond acceptors (Lipinski definition) is 2. The van der Waals surface area contributed by atoms with E-state index in [0.29, 0.717) is 36.1 Å². The molecule has 3 aliphatic carbocycles. The van der Waals surface area contributed by atoms with Gasteiger partial charge in [0.05, 0.1) is 6.04 Å². The molecule has 4 fully saturated rings. The van der Waals surface area contributed by atoms with Crippen molar-refractivity contribution >= 4 is 11.8 Å². The van der Waals surface area contributed by atoms with Crippen LogP contribution in [0, 0.1) is 34.5 Å². The van der Waals surface area contributed by atoms with E-state index in [0.717, 1.165) is 43.2 Å². The van der Waals surface area contributed by atoms with E-state index in [1.54, 1.807) is 0 Å². The molecule has 4 nitrogen and oxygen atoms in total. The Bertz CT molecular complexity index is 1110. The molecule has 3 saturated carbocycles. The van der Waals surface area contributed by atoms with Crippen molar-refractivity contribution in [1.29, 1.82) is 0 Å². The fraction of sp³-hybridized carbons (Fsp3) is 0.576. The first-order valence-corrected chi connectivity index (χ1v) is 14.5. The molecule has 7 atom stereocenters. The van der Waals surface area contributed by atoms with Gasteiger partial charge in [-0.25, -0.2) is 0 Å². The third-order valence-electron chi connectivity index (χ3n) is 11.4. The van der Waals surface area contributed by atoms with Crippen LogP contribution in [0.15, 0.2) is 60.7 Å². The van der Waals surface area contributed by atoms with E-state index in [-0.39, 0.29) is 28.7 Å². The number of amides is 2. The second kappa shape index (κ2) is 9.29. The Labute approximate surface area is 222 Å².